The lowest BCUT2D eigenvalue weighted by Crippen LogP contribution is -2.56. The molecule has 46 heavy (non-hydrogen) atoms. The van der Waals surface area contributed by atoms with Gasteiger partial charge in [-0.2, -0.15) is 0 Å². The molecule has 0 aromatic heterocycles. The third-order valence-electron chi connectivity index (χ3n) is 10.1. The Morgan fingerprint density at radius 1 is 0.935 bits per heavy atom. The van der Waals surface area contributed by atoms with Crippen molar-refractivity contribution in [2.24, 2.45) is 16.7 Å². The van der Waals surface area contributed by atoms with E-state index in [0.717, 1.165) is 0 Å². The molecule has 0 radical (unpaired) electrons. The predicted molar refractivity (Wildman–Crippen MR) is 167 cm³/mol. The first-order chi connectivity index (χ1) is 21.4. The minimum absolute atomic E-state index is 0.0987. The molecule has 1 aromatic carbocycles. The highest BCUT2D eigenvalue weighted by Crippen LogP contribution is 2.53. The SMILES string of the molecule is CC(=O)O[C@H]1C[C@H]2[C@@H](OC(C)=O)C=C3C[C@@](C)(C(=O)[C@H](O)C(=C1C)C2(C)C)[C@@H](O)C[C@@H]3OC(=O)[C@H](O)[C@@H](c1ccccc1)N(C)C. The van der Waals surface area contributed by atoms with E-state index < -0.39 is 83.1 Å². The molecule has 0 unspecified atom stereocenters. The minimum atomic E-state index is -1.65. The lowest BCUT2D eigenvalue weighted by Gasteiger charge is -2.51. The topological polar surface area (TPSA) is 160 Å². The summed E-state index contributed by atoms with van der Waals surface area (Å²) in [5.41, 5.74) is -0.440. The van der Waals surface area contributed by atoms with Gasteiger partial charge in [0.1, 0.15) is 24.4 Å². The summed E-state index contributed by atoms with van der Waals surface area (Å²) >= 11 is 0. The Balaban J connectivity index is 1.82. The fraction of sp³-hybridized carbons (Fsp3) is 0.600. The molecule has 4 bridgehead atoms. The third-order valence-corrected chi connectivity index (χ3v) is 10.1. The van der Waals surface area contributed by atoms with Crippen LogP contribution in [0.4, 0.5) is 0 Å². The average molecular weight is 642 g/mol. The van der Waals surface area contributed by atoms with Gasteiger partial charge in [-0.15, -0.1) is 0 Å². The number of fused-ring (bicyclic) bond motifs is 4. The van der Waals surface area contributed by atoms with Crippen molar-refractivity contribution in [1.29, 1.82) is 0 Å². The first-order valence-corrected chi connectivity index (χ1v) is 15.7. The van der Waals surface area contributed by atoms with Crippen molar-refractivity contribution in [2.45, 2.75) is 103 Å². The number of benzene rings is 1. The Hall–Kier alpha value is -3.38. The number of ketones is 1. The zero-order valence-electron chi connectivity index (χ0n) is 27.9. The van der Waals surface area contributed by atoms with Crippen molar-refractivity contribution in [3.63, 3.8) is 0 Å². The Morgan fingerprint density at radius 3 is 2.11 bits per heavy atom. The maximum atomic E-state index is 14.2. The third kappa shape index (κ3) is 6.69. The van der Waals surface area contributed by atoms with Crippen LogP contribution in [0.15, 0.2) is 53.1 Å². The first kappa shape index (κ1) is 35.5. The van der Waals surface area contributed by atoms with Gasteiger partial charge >= 0.3 is 17.9 Å². The summed E-state index contributed by atoms with van der Waals surface area (Å²) in [7, 11) is 3.46. The largest absolute Gasteiger partial charge is 0.458 e. The molecule has 0 spiro atoms. The Morgan fingerprint density at radius 2 is 1.54 bits per heavy atom. The van der Waals surface area contributed by atoms with E-state index >= 15 is 0 Å². The Bertz CT molecular complexity index is 1420. The summed E-state index contributed by atoms with van der Waals surface area (Å²) in [4.78, 5) is 54.0. The minimum Gasteiger partial charge on any atom is -0.458 e. The second-order valence-electron chi connectivity index (χ2n) is 13.9. The zero-order chi connectivity index (χ0) is 34.3. The number of rotatable bonds is 7. The Kier molecular flexibility index (Phi) is 10.3. The molecule has 1 aromatic rings. The molecule has 11 heteroatoms. The molecule has 3 aliphatic carbocycles. The summed E-state index contributed by atoms with van der Waals surface area (Å²) in [6.07, 6.45) is -5.77. The molecule has 1 fully saturated rings. The quantitative estimate of drug-likeness (QED) is 0.228. The van der Waals surface area contributed by atoms with Crippen molar-refractivity contribution < 1.29 is 48.7 Å². The van der Waals surface area contributed by atoms with Crippen LogP contribution in [-0.4, -0.2) is 94.6 Å². The maximum absolute atomic E-state index is 14.2. The van der Waals surface area contributed by atoms with Crippen LogP contribution in [0.1, 0.15) is 72.4 Å². The number of carbonyl (C=O) groups excluding carboxylic acids is 4. The van der Waals surface area contributed by atoms with Crippen molar-refractivity contribution >= 4 is 23.7 Å². The number of aliphatic hydroxyl groups is 3. The lowest BCUT2D eigenvalue weighted by molar-refractivity contribution is -0.167. The van der Waals surface area contributed by atoms with Crippen LogP contribution in [0, 0.1) is 16.7 Å². The van der Waals surface area contributed by atoms with Gasteiger partial charge in [0.25, 0.3) is 0 Å². The van der Waals surface area contributed by atoms with Gasteiger partial charge in [0, 0.05) is 26.2 Å². The van der Waals surface area contributed by atoms with Crippen molar-refractivity contribution in [3.8, 4) is 0 Å². The number of ether oxygens (including phenoxy) is 3. The normalized spacial score (nSPS) is 32.2. The second kappa shape index (κ2) is 13.4. The highest BCUT2D eigenvalue weighted by molar-refractivity contribution is 5.92. The molecular weight excluding hydrogens is 594 g/mol. The molecular formula is C35H47NO10. The number of hydrogen-bond acceptors (Lipinski definition) is 11. The molecule has 0 amide bonds. The van der Waals surface area contributed by atoms with E-state index in [0.29, 0.717) is 22.3 Å². The van der Waals surface area contributed by atoms with Gasteiger partial charge < -0.3 is 29.5 Å². The molecule has 1 saturated carbocycles. The van der Waals surface area contributed by atoms with Gasteiger partial charge in [-0.25, -0.2) is 4.79 Å². The van der Waals surface area contributed by atoms with Crippen molar-refractivity contribution in [1.82, 2.24) is 4.90 Å². The fourth-order valence-electron chi connectivity index (χ4n) is 7.67. The smallest absolute Gasteiger partial charge is 0.337 e. The number of carbonyl (C=O) groups is 4. The highest BCUT2D eigenvalue weighted by Gasteiger charge is 2.56. The van der Waals surface area contributed by atoms with E-state index in [2.05, 4.69) is 0 Å². The van der Waals surface area contributed by atoms with Crippen LogP contribution in [0.3, 0.4) is 0 Å². The molecule has 252 valence electrons. The van der Waals surface area contributed by atoms with Gasteiger partial charge in [-0.1, -0.05) is 44.2 Å². The van der Waals surface area contributed by atoms with E-state index in [-0.39, 0.29) is 19.3 Å². The highest BCUT2D eigenvalue weighted by atomic mass is 16.6. The molecule has 3 aliphatic rings. The van der Waals surface area contributed by atoms with Gasteiger partial charge in [0.15, 0.2) is 11.9 Å². The molecule has 9 atom stereocenters. The van der Waals surface area contributed by atoms with E-state index in [1.165, 1.54) is 13.8 Å². The van der Waals surface area contributed by atoms with Gasteiger partial charge in [0.2, 0.25) is 0 Å². The zero-order valence-corrected chi connectivity index (χ0v) is 27.9. The number of aliphatic hydroxyl groups excluding tert-OH is 3. The number of nitrogens with zero attached hydrogens (tertiary/aromatic N) is 1. The van der Waals surface area contributed by atoms with Crippen LogP contribution in [0.25, 0.3) is 0 Å². The van der Waals surface area contributed by atoms with Crippen LogP contribution >= 0.6 is 0 Å². The number of likely N-dealkylation sites (N-methyl/N-ethyl adjacent to an activating group) is 1. The van der Waals surface area contributed by atoms with Gasteiger partial charge in [0.05, 0.1) is 17.6 Å². The maximum Gasteiger partial charge on any atom is 0.337 e. The number of esters is 3. The summed E-state index contributed by atoms with van der Waals surface area (Å²) in [6.45, 7) is 9.47. The van der Waals surface area contributed by atoms with Crippen molar-refractivity contribution in [2.75, 3.05) is 14.1 Å². The second-order valence-corrected chi connectivity index (χ2v) is 13.9. The molecule has 3 N–H and O–H groups in total. The van der Waals surface area contributed by atoms with Crippen LogP contribution in [0.2, 0.25) is 0 Å². The fourth-order valence-corrected chi connectivity index (χ4v) is 7.67. The molecule has 0 aliphatic heterocycles. The van der Waals surface area contributed by atoms with Crippen LogP contribution < -0.4 is 0 Å². The monoisotopic (exact) mass is 641 g/mol. The van der Waals surface area contributed by atoms with Crippen LogP contribution in [-0.2, 0) is 33.4 Å². The molecule has 0 heterocycles. The van der Waals surface area contributed by atoms with Crippen molar-refractivity contribution in [3.05, 3.63) is 58.7 Å². The lowest BCUT2D eigenvalue weighted by atomic mass is 9.57. The molecule has 4 rings (SSSR count). The average Bonchev–Trinajstić information content (AvgIpc) is 2.95. The van der Waals surface area contributed by atoms with Gasteiger partial charge in [-0.3, -0.25) is 19.3 Å². The van der Waals surface area contributed by atoms with E-state index in [9.17, 15) is 34.5 Å². The summed E-state index contributed by atoms with van der Waals surface area (Å²) in [6, 6.07) is 8.28. The molecule has 0 saturated heterocycles. The summed E-state index contributed by atoms with van der Waals surface area (Å²) < 4.78 is 17.4. The predicted octanol–water partition coefficient (Wildman–Crippen LogP) is 2.82. The standard InChI is InChI=1S/C35H47NO10/c1-18-24(44-19(2)37)15-23-26(45-20(3)38)14-22-17-35(6,32(42)30(40)28(18)34(23,4)5)27(39)16-25(22)46-33(43)31(41)29(36(7)8)21-12-10-9-11-13-21/h9-14,23-27,29-31,39-41H,15-17H2,1-8H3/t23-,24-,25-,26-,27-,29+,30+,31+,35+/m0/s1. The first-order valence-electron chi connectivity index (χ1n) is 15.7. The van der Waals surface area contributed by atoms with E-state index in [1.54, 1.807) is 63.2 Å². The summed E-state index contributed by atoms with van der Waals surface area (Å²) in [5, 5.41) is 34.4. The Labute approximate surface area is 270 Å². The summed E-state index contributed by atoms with van der Waals surface area (Å²) in [5.74, 6) is -3.24. The van der Waals surface area contributed by atoms with Gasteiger partial charge in [-0.05, 0) is 74.6 Å². The van der Waals surface area contributed by atoms with Crippen LogP contribution in [0.5, 0.6) is 0 Å². The molecule has 11 nitrogen and oxygen atoms in total. The van der Waals surface area contributed by atoms with E-state index in [1.807, 2.05) is 19.9 Å². The number of Topliss-reactive ketones (excluding diaryl/α,β-unsaturated/α-hetero) is 1. The number of hydrogen-bond donors (Lipinski definition) is 3. The van der Waals surface area contributed by atoms with E-state index in [4.69, 9.17) is 14.2 Å².